The van der Waals surface area contributed by atoms with E-state index in [-0.39, 0.29) is 18.3 Å². The van der Waals surface area contributed by atoms with Gasteiger partial charge >= 0.3 is 5.97 Å². The number of aryl methyl sites for hydroxylation is 1. The third-order valence-corrected chi connectivity index (χ3v) is 2.77. The van der Waals surface area contributed by atoms with Crippen LogP contribution in [0, 0.1) is 6.92 Å². The summed E-state index contributed by atoms with van der Waals surface area (Å²) in [6.45, 7) is 3.94. The molecule has 0 unspecified atom stereocenters. The molecule has 0 spiro atoms. The van der Waals surface area contributed by atoms with Crippen LogP contribution in [0.3, 0.4) is 0 Å². The number of aromatic nitrogens is 1. The summed E-state index contributed by atoms with van der Waals surface area (Å²) in [6.07, 6.45) is 0.206. The fourth-order valence-corrected chi connectivity index (χ4v) is 2.02. The van der Waals surface area contributed by atoms with E-state index in [1.807, 2.05) is 0 Å². The van der Waals surface area contributed by atoms with Gasteiger partial charge in [0.2, 0.25) is 5.13 Å². The van der Waals surface area contributed by atoms with Gasteiger partial charge in [-0.3, -0.25) is 4.79 Å². The van der Waals surface area contributed by atoms with Gasteiger partial charge < -0.3 is 16.2 Å². The van der Waals surface area contributed by atoms with Crippen LogP contribution < -0.4 is 11.5 Å². The summed E-state index contributed by atoms with van der Waals surface area (Å²) in [5.41, 5.74) is 11.2. The van der Waals surface area contributed by atoms with Gasteiger partial charge in [0, 0.05) is 4.88 Å². The number of guanidine groups is 1. The number of thiazole rings is 1. The fourth-order valence-electron chi connectivity index (χ4n) is 1.08. The van der Waals surface area contributed by atoms with Crippen LogP contribution in [0.4, 0.5) is 5.13 Å². The Kier molecular flexibility index (Phi) is 4.24. The quantitative estimate of drug-likeness (QED) is 0.453. The number of ether oxygens (including phenoxy) is 1. The van der Waals surface area contributed by atoms with Gasteiger partial charge in [-0.05, 0) is 13.8 Å². The van der Waals surface area contributed by atoms with Crippen molar-refractivity contribution >= 4 is 28.4 Å². The van der Waals surface area contributed by atoms with Gasteiger partial charge in [-0.2, -0.15) is 4.99 Å². The van der Waals surface area contributed by atoms with E-state index in [4.69, 9.17) is 16.2 Å². The molecule has 1 aromatic heterocycles. The van der Waals surface area contributed by atoms with Crippen LogP contribution in [0.5, 0.6) is 0 Å². The highest BCUT2D eigenvalue weighted by Gasteiger charge is 2.12. The normalized spacial score (nSPS) is 9.88. The molecule has 0 saturated carbocycles. The summed E-state index contributed by atoms with van der Waals surface area (Å²) in [5, 5.41) is 0.455. The molecule has 0 atom stereocenters. The van der Waals surface area contributed by atoms with Crippen molar-refractivity contribution in [3.63, 3.8) is 0 Å². The molecule has 0 aliphatic carbocycles. The minimum Gasteiger partial charge on any atom is -0.466 e. The maximum absolute atomic E-state index is 11.3. The Balaban J connectivity index is 2.78. The van der Waals surface area contributed by atoms with Crippen LogP contribution in [0.25, 0.3) is 0 Å². The highest BCUT2D eigenvalue weighted by atomic mass is 32.1. The summed E-state index contributed by atoms with van der Waals surface area (Å²) in [4.78, 5) is 20.0. The van der Waals surface area contributed by atoms with E-state index in [1.165, 1.54) is 11.3 Å². The van der Waals surface area contributed by atoms with E-state index in [2.05, 4.69) is 9.98 Å². The Morgan fingerprint density at radius 1 is 1.56 bits per heavy atom. The average molecular weight is 242 g/mol. The second-order valence-electron chi connectivity index (χ2n) is 3.02. The largest absolute Gasteiger partial charge is 0.466 e. The van der Waals surface area contributed by atoms with Crippen molar-refractivity contribution in [1.82, 2.24) is 4.98 Å². The van der Waals surface area contributed by atoms with E-state index >= 15 is 0 Å². The summed E-state index contributed by atoms with van der Waals surface area (Å²) in [6, 6.07) is 0. The van der Waals surface area contributed by atoms with Crippen molar-refractivity contribution in [2.45, 2.75) is 20.3 Å². The lowest BCUT2D eigenvalue weighted by Gasteiger charge is -1.99. The summed E-state index contributed by atoms with van der Waals surface area (Å²) in [5.74, 6) is -0.318. The zero-order chi connectivity index (χ0) is 12.1. The Labute approximate surface area is 97.3 Å². The van der Waals surface area contributed by atoms with Crippen molar-refractivity contribution < 1.29 is 9.53 Å². The molecule has 1 rings (SSSR count). The van der Waals surface area contributed by atoms with E-state index in [9.17, 15) is 4.79 Å². The predicted molar refractivity (Wildman–Crippen MR) is 62.7 cm³/mol. The molecule has 0 saturated heterocycles. The lowest BCUT2D eigenvalue weighted by Crippen LogP contribution is -2.21. The van der Waals surface area contributed by atoms with E-state index in [0.29, 0.717) is 11.7 Å². The molecule has 7 heteroatoms. The van der Waals surface area contributed by atoms with Gasteiger partial charge in [0.05, 0.1) is 18.7 Å². The molecule has 0 fully saturated rings. The van der Waals surface area contributed by atoms with Crippen molar-refractivity contribution in [3.8, 4) is 0 Å². The van der Waals surface area contributed by atoms with Gasteiger partial charge in [-0.15, -0.1) is 0 Å². The third kappa shape index (κ3) is 3.50. The molecule has 0 radical (unpaired) electrons. The van der Waals surface area contributed by atoms with Gasteiger partial charge in [-0.1, -0.05) is 11.3 Å². The van der Waals surface area contributed by atoms with E-state index in [1.54, 1.807) is 13.8 Å². The summed E-state index contributed by atoms with van der Waals surface area (Å²) >= 11 is 1.28. The van der Waals surface area contributed by atoms with E-state index < -0.39 is 0 Å². The lowest BCUT2D eigenvalue weighted by atomic mass is 10.3. The molecule has 16 heavy (non-hydrogen) atoms. The lowest BCUT2D eigenvalue weighted by molar-refractivity contribution is -0.142. The summed E-state index contributed by atoms with van der Waals surface area (Å²) in [7, 11) is 0. The zero-order valence-electron chi connectivity index (χ0n) is 9.19. The predicted octanol–water partition coefficient (Wildman–Crippen LogP) is 0.462. The number of rotatable bonds is 4. The Hall–Kier alpha value is -1.63. The second-order valence-corrected chi connectivity index (χ2v) is 4.09. The molecule has 0 amide bonds. The molecule has 4 N–H and O–H groups in total. The molecule has 1 aromatic rings. The van der Waals surface area contributed by atoms with Crippen molar-refractivity contribution in [2.24, 2.45) is 16.5 Å². The molecular formula is C9H14N4O2S. The number of aliphatic imine (C=N–C) groups is 1. The molecule has 0 aliphatic rings. The van der Waals surface area contributed by atoms with Crippen molar-refractivity contribution in [2.75, 3.05) is 6.61 Å². The van der Waals surface area contributed by atoms with Crippen LogP contribution >= 0.6 is 11.3 Å². The standard InChI is InChI=1S/C9H14N4O2S/c1-3-15-7(14)4-6-5(2)12-9(16-6)13-8(10)11/h3-4H2,1-2H3,(H4,10,11,12,13). The first-order chi connectivity index (χ1) is 7.52. The Morgan fingerprint density at radius 2 is 2.25 bits per heavy atom. The zero-order valence-corrected chi connectivity index (χ0v) is 10.0. The van der Waals surface area contributed by atoms with Crippen molar-refractivity contribution in [1.29, 1.82) is 0 Å². The highest BCUT2D eigenvalue weighted by molar-refractivity contribution is 7.15. The molecule has 0 bridgehead atoms. The van der Waals surface area contributed by atoms with Gasteiger partial charge in [0.1, 0.15) is 0 Å². The minimum atomic E-state index is -0.273. The van der Waals surface area contributed by atoms with Crippen LogP contribution in [0.15, 0.2) is 4.99 Å². The maximum Gasteiger partial charge on any atom is 0.311 e. The first-order valence-electron chi connectivity index (χ1n) is 4.74. The number of hydrogen-bond acceptors (Lipinski definition) is 5. The molecular weight excluding hydrogens is 228 g/mol. The first-order valence-corrected chi connectivity index (χ1v) is 5.56. The van der Waals surface area contributed by atoms with Crippen LogP contribution in [-0.4, -0.2) is 23.5 Å². The highest BCUT2D eigenvalue weighted by Crippen LogP contribution is 2.25. The first kappa shape index (κ1) is 12.4. The third-order valence-electron chi connectivity index (χ3n) is 1.72. The number of nitrogens with two attached hydrogens (primary N) is 2. The number of esters is 1. The summed E-state index contributed by atoms with van der Waals surface area (Å²) < 4.78 is 4.85. The maximum atomic E-state index is 11.3. The van der Waals surface area contributed by atoms with Crippen molar-refractivity contribution in [3.05, 3.63) is 10.6 Å². The monoisotopic (exact) mass is 242 g/mol. The smallest absolute Gasteiger partial charge is 0.311 e. The van der Waals surface area contributed by atoms with Gasteiger partial charge in [-0.25, -0.2) is 4.98 Å². The van der Waals surface area contributed by atoms with Gasteiger partial charge in [0.25, 0.3) is 0 Å². The van der Waals surface area contributed by atoms with Crippen LogP contribution in [0.2, 0.25) is 0 Å². The molecule has 0 aliphatic heterocycles. The van der Waals surface area contributed by atoms with E-state index in [0.717, 1.165) is 10.6 Å². The number of carbonyl (C=O) groups is 1. The molecule has 0 aromatic carbocycles. The van der Waals surface area contributed by atoms with Crippen LogP contribution in [0.1, 0.15) is 17.5 Å². The second kappa shape index (κ2) is 5.45. The van der Waals surface area contributed by atoms with Crippen LogP contribution in [-0.2, 0) is 16.0 Å². The molecule has 1 heterocycles. The van der Waals surface area contributed by atoms with Gasteiger partial charge in [0.15, 0.2) is 5.96 Å². The Morgan fingerprint density at radius 3 is 2.81 bits per heavy atom. The fraction of sp³-hybridized carbons (Fsp3) is 0.444. The molecule has 88 valence electrons. The topological polar surface area (TPSA) is 104 Å². The SMILES string of the molecule is CCOC(=O)Cc1sc(N=C(N)N)nc1C. The Bertz CT molecular complexity index is 410. The number of hydrogen-bond donors (Lipinski definition) is 2. The number of nitrogens with zero attached hydrogens (tertiary/aromatic N) is 2. The molecule has 6 nitrogen and oxygen atoms in total. The average Bonchev–Trinajstić information content (AvgIpc) is 2.45. The minimum absolute atomic E-state index is 0.0450. The number of carbonyl (C=O) groups excluding carboxylic acids is 1.